The fraction of sp³-hybridized carbons (Fsp3) is 0.625. The van der Waals surface area contributed by atoms with Gasteiger partial charge in [-0.2, -0.15) is 0 Å². The Bertz CT molecular complexity index is 1560. The Hall–Kier alpha value is -2.96. The van der Waals surface area contributed by atoms with E-state index in [1.165, 1.54) is 6.07 Å². The summed E-state index contributed by atoms with van der Waals surface area (Å²) in [5, 5.41) is 6.45. The minimum absolute atomic E-state index is 0.0617. The summed E-state index contributed by atoms with van der Waals surface area (Å²) in [4.78, 5) is 28.0. The number of benzene rings is 1. The third-order valence-electron chi connectivity index (χ3n) is 9.67. The SMILES string of the molecule is CC1(C)Cc2c(c3c(n2-c2cc(F)c(C(N)=O)c(N[C@H]4CC[C@H](C(=O)NCCN5CCOCC5)CC4)c2)CCC3)S(=O)(=O)C1. The minimum Gasteiger partial charge on any atom is -0.382 e. The van der Waals surface area contributed by atoms with E-state index in [2.05, 4.69) is 15.5 Å². The number of ether oxygens (including phenoxy) is 1. The maximum atomic E-state index is 15.7. The molecule has 0 unspecified atom stereocenters. The van der Waals surface area contributed by atoms with E-state index >= 15 is 4.39 Å². The predicted octanol–water partition coefficient (Wildman–Crippen LogP) is 2.98. The monoisotopic (exact) mass is 629 g/mol. The molecule has 4 aliphatic rings. The summed E-state index contributed by atoms with van der Waals surface area (Å²) in [5.74, 6) is -1.55. The molecule has 1 aromatic heterocycles. The number of hydrogen-bond donors (Lipinski definition) is 3. The Morgan fingerprint density at radius 2 is 1.82 bits per heavy atom. The minimum atomic E-state index is -3.50. The average Bonchev–Trinajstić information content (AvgIpc) is 3.52. The van der Waals surface area contributed by atoms with Crippen molar-refractivity contribution in [2.24, 2.45) is 17.1 Å². The van der Waals surface area contributed by atoms with Crippen molar-refractivity contribution in [2.45, 2.75) is 76.2 Å². The largest absolute Gasteiger partial charge is 0.382 e. The number of amides is 2. The van der Waals surface area contributed by atoms with Gasteiger partial charge in [-0.25, -0.2) is 12.8 Å². The molecule has 3 heterocycles. The maximum Gasteiger partial charge on any atom is 0.253 e. The van der Waals surface area contributed by atoms with Gasteiger partial charge in [0.25, 0.3) is 5.91 Å². The molecule has 4 N–H and O–H groups in total. The number of nitrogens with zero attached hydrogens (tertiary/aromatic N) is 2. The molecular weight excluding hydrogens is 585 g/mol. The van der Waals surface area contributed by atoms with Crippen LogP contribution in [0, 0.1) is 17.2 Å². The van der Waals surface area contributed by atoms with Gasteiger partial charge in [0.1, 0.15) is 5.82 Å². The van der Waals surface area contributed by atoms with Gasteiger partial charge in [-0.1, -0.05) is 13.8 Å². The molecule has 6 rings (SSSR count). The molecule has 1 saturated heterocycles. The van der Waals surface area contributed by atoms with Crippen LogP contribution in [0.3, 0.4) is 0 Å². The molecule has 12 heteroatoms. The van der Waals surface area contributed by atoms with Crippen LogP contribution in [0.1, 0.15) is 73.3 Å². The smallest absolute Gasteiger partial charge is 0.253 e. The molecular formula is C32H44FN5O5S. The zero-order chi connectivity index (χ0) is 31.2. The summed E-state index contributed by atoms with van der Waals surface area (Å²) < 4.78 is 49.9. The Labute approximate surface area is 258 Å². The fourth-order valence-electron chi connectivity index (χ4n) is 7.70. The maximum absolute atomic E-state index is 15.7. The van der Waals surface area contributed by atoms with Gasteiger partial charge in [-0.3, -0.25) is 14.5 Å². The van der Waals surface area contributed by atoms with Gasteiger partial charge in [0.05, 0.1) is 40.8 Å². The van der Waals surface area contributed by atoms with Crippen molar-refractivity contribution in [1.82, 2.24) is 14.8 Å². The van der Waals surface area contributed by atoms with Crippen molar-refractivity contribution in [3.05, 3.63) is 40.5 Å². The summed E-state index contributed by atoms with van der Waals surface area (Å²) in [7, 11) is -3.50. The highest BCUT2D eigenvalue weighted by Crippen LogP contribution is 2.45. The van der Waals surface area contributed by atoms with Gasteiger partial charge in [-0.05, 0) is 74.5 Å². The first-order valence-corrected chi connectivity index (χ1v) is 17.5. The topological polar surface area (TPSA) is 136 Å². The predicted molar refractivity (Wildman–Crippen MR) is 165 cm³/mol. The van der Waals surface area contributed by atoms with Crippen molar-refractivity contribution in [2.75, 3.05) is 50.5 Å². The lowest BCUT2D eigenvalue weighted by Crippen LogP contribution is -2.43. The lowest BCUT2D eigenvalue weighted by molar-refractivity contribution is -0.126. The van der Waals surface area contributed by atoms with E-state index in [0.717, 1.165) is 50.5 Å². The van der Waals surface area contributed by atoms with Crippen LogP contribution in [0.2, 0.25) is 0 Å². The zero-order valence-electron chi connectivity index (χ0n) is 25.7. The summed E-state index contributed by atoms with van der Waals surface area (Å²) >= 11 is 0. The van der Waals surface area contributed by atoms with E-state index in [4.69, 9.17) is 10.5 Å². The molecule has 0 bridgehead atoms. The van der Waals surface area contributed by atoms with E-state index in [0.29, 0.717) is 73.5 Å². The number of hydrogen-bond acceptors (Lipinski definition) is 7. The van der Waals surface area contributed by atoms with Gasteiger partial charge >= 0.3 is 0 Å². The van der Waals surface area contributed by atoms with E-state index in [9.17, 15) is 18.0 Å². The molecule has 0 atom stereocenters. The van der Waals surface area contributed by atoms with Gasteiger partial charge in [0.2, 0.25) is 5.91 Å². The Balaban J connectivity index is 1.21. The molecule has 2 amide bonds. The van der Waals surface area contributed by atoms with Gasteiger partial charge < -0.3 is 25.7 Å². The second-order valence-corrected chi connectivity index (χ2v) is 15.6. The van der Waals surface area contributed by atoms with Crippen LogP contribution in [0.5, 0.6) is 0 Å². The van der Waals surface area contributed by atoms with Crippen LogP contribution < -0.4 is 16.4 Å². The van der Waals surface area contributed by atoms with E-state index in [1.54, 1.807) is 6.07 Å². The first-order chi connectivity index (χ1) is 20.9. The van der Waals surface area contributed by atoms with Crippen LogP contribution in [0.25, 0.3) is 5.69 Å². The molecule has 44 heavy (non-hydrogen) atoms. The van der Waals surface area contributed by atoms with Gasteiger partial charge in [0, 0.05) is 49.5 Å². The Morgan fingerprint density at radius 3 is 2.52 bits per heavy atom. The summed E-state index contributed by atoms with van der Waals surface area (Å²) in [5.41, 5.74) is 8.25. The molecule has 0 radical (unpaired) electrons. The number of carbonyl (C=O) groups is 2. The highest BCUT2D eigenvalue weighted by molar-refractivity contribution is 7.91. The molecule has 2 aliphatic heterocycles. The van der Waals surface area contributed by atoms with Crippen LogP contribution >= 0.6 is 0 Å². The average molecular weight is 630 g/mol. The van der Waals surface area contributed by atoms with E-state index in [1.807, 2.05) is 18.4 Å². The Morgan fingerprint density at radius 1 is 1.09 bits per heavy atom. The van der Waals surface area contributed by atoms with Crippen molar-refractivity contribution >= 4 is 27.3 Å². The molecule has 2 aromatic rings. The first-order valence-electron chi connectivity index (χ1n) is 15.9. The quantitative estimate of drug-likeness (QED) is 0.409. The molecule has 2 fully saturated rings. The van der Waals surface area contributed by atoms with Crippen LogP contribution in [0.4, 0.5) is 10.1 Å². The Kier molecular flexibility index (Phi) is 8.53. The lowest BCUT2D eigenvalue weighted by atomic mass is 9.85. The molecule has 1 saturated carbocycles. The number of halogens is 1. The molecule has 240 valence electrons. The number of nitrogens with two attached hydrogens (primary N) is 1. The van der Waals surface area contributed by atoms with Crippen molar-refractivity contribution in [1.29, 1.82) is 0 Å². The van der Waals surface area contributed by atoms with Crippen molar-refractivity contribution < 1.29 is 27.1 Å². The number of primary amides is 1. The lowest BCUT2D eigenvalue weighted by Gasteiger charge is -2.31. The molecule has 0 spiro atoms. The fourth-order valence-corrected chi connectivity index (χ4v) is 10.1. The number of rotatable bonds is 8. The highest BCUT2D eigenvalue weighted by Gasteiger charge is 2.42. The number of sulfone groups is 1. The molecule has 10 nitrogen and oxygen atoms in total. The highest BCUT2D eigenvalue weighted by atomic mass is 32.2. The standard InChI is InChI=1S/C32H44FN5O5S/c1-32(2)18-27-29(44(41,42)19-32)23-4-3-5-26(23)38(27)22-16-24(33)28(30(34)39)25(17-22)36-21-8-6-20(7-9-21)31(40)35-10-11-37-12-14-43-15-13-37/h16-17,20-21,36H,3-15,18-19H2,1-2H3,(H2,34,39)(H,35,40)/t20-,21-. The number of morpholine rings is 1. The van der Waals surface area contributed by atoms with E-state index in [-0.39, 0.29) is 29.2 Å². The number of aromatic nitrogens is 1. The van der Waals surface area contributed by atoms with Gasteiger partial charge in [0.15, 0.2) is 9.84 Å². The summed E-state index contributed by atoms with van der Waals surface area (Å²) in [6.07, 6.45) is 5.52. The van der Waals surface area contributed by atoms with Gasteiger partial charge in [-0.15, -0.1) is 0 Å². The first kappa shape index (κ1) is 31.0. The summed E-state index contributed by atoms with van der Waals surface area (Å²) in [6.45, 7) is 8.52. The van der Waals surface area contributed by atoms with Crippen molar-refractivity contribution in [3.8, 4) is 5.69 Å². The number of nitrogens with one attached hydrogen (secondary N) is 2. The third kappa shape index (κ3) is 6.12. The zero-order valence-corrected chi connectivity index (χ0v) is 26.5. The number of anilines is 1. The second-order valence-electron chi connectivity index (χ2n) is 13.6. The second kappa shape index (κ2) is 12.1. The van der Waals surface area contributed by atoms with E-state index < -0.39 is 27.0 Å². The summed E-state index contributed by atoms with van der Waals surface area (Å²) in [6, 6.07) is 2.97. The number of fused-ring (bicyclic) bond motifs is 3. The van der Waals surface area contributed by atoms with Crippen LogP contribution in [-0.4, -0.2) is 80.9 Å². The third-order valence-corrected chi connectivity index (χ3v) is 11.9. The van der Waals surface area contributed by atoms with Crippen LogP contribution in [0.15, 0.2) is 17.0 Å². The molecule has 1 aromatic carbocycles. The van der Waals surface area contributed by atoms with Crippen LogP contribution in [-0.2, 0) is 38.6 Å². The van der Waals surface area contributed by atoms with Crippen molar-refractivity contribution in [3.63, 3.8) is 0 Å². The number of carbonyl (C=O) groups excluding carboxylic acids is 2. The molecule has 2 aliphatic carbocycles. The normalized spacial score (nSPS) is 24.3.